The van der Waals surface area contributed by atoms with Gasteiger partial charge in [-0.1, -0.05) is 0 Å². The van der Waals surface area contributed by atoms with Crippen LogP contribution in [0.4, 0.5) is 5.95 Å². The molecule has 2 aromatic rings. The third-order valence-electron chi connectivity index (χ3n) is 4.80. The van der Waals surface area contributed by atoms with Crippen LogP contribution in [0.15, 0.2) is 18.3 Å². The molecule has 2 aromatic heterocycles. The van der Waals surface area contributed by atoms with E-state index in [1.54, 1.807) is 19.2 Å². The second kappa shape index (κ2) is 8.26. The first-order chi connectivity index (χ1) is 13.3. The summed E-state index contributed by atoms with van der Waals surface area (Å²) in [5.41, 5.74) is 1.47. The fourth-order valence-electron chi connectivity index (χ4n) is 3.29. The number of nitrogens with zero attached hydrogens (tertiary/aromatic N) is 5. The van der Waals surface area contributed by atoms with Crippen molar-refractivity contribution in [2.24, 2.45) is 0 Å². The molecule has 152 valence electrons. The van der Waals surface area contributed by atoms with Crippen LogP contribution in [0.25, 0.3) is 11.4 Å². The minimum absolute atomic E-state index is 0.287. The van der Waals surface area contributed by atoms with Gasteiger partial charge in [0.05, 0.1) is 23.5 Å². The summed E-state index contributed by atoms with van der Waals surface area (Å²) in [7, 11) is 2.14. The van der Waals surface area contributed by atoms with Gasteiger partial charge in [-0.25, -0.2) is 14.8 Å². The van der Waals surface area contributed by atoms with E-state index < -0.39 is 5.97 Å². The fourth-order valence-corrected chi connectivity index (χ4v) is 3.29. The van der Waals surface area contributed by atoms with Gasteiger partial charge >= 0.3 is 5.97 Å². The van der Waals surface area contributed by atoms with Crippen LogP contribution in [-0.4, -0.2) is 63.4 Å². The lowest BCUT2D eigenvalue weighted by atomic mass is 10.1. The standard InChI is InChI=1S/C20H30N6O2/c1-6-28-18(27)16-13-17(26(24-16)20(2,3)4)15-7-10-21-19(23-15)22-14-8-11-25(5)12-9-14/h7,10,13-14H,6,8-9,11-12H2,1-5H3,(H,21,22,23). The van der Waals surface area contributed by atoms with Crippen molar-refractivity contribution >= 4 is 11.9 Å². The van der Waals surface area contributed by atoms with Crippen LogP contribution in [0.5, 0.6) is 0 Å². The second-order valence-corrected chi connectivity index (χ2v) is 8.21. The summed E-state index contributed by atoms with van der Waals surface area (Å²) in [6.07, 6.45) is 3.87. The Morgan fingerprint density at radius 2 is 2.04 bits per heavy atom. The van der Waals surface area contributed by atoms with Gasteiger partial charge in [0.25, 0.3) is 0 Å². The lowest BCUT2D eigenvalue weighted by Crippen LogP contribution is -2.37. The Morgan fingerprint density at radius 3 is 2.68 bits per heavy atom. The zero-order valence-electron chi connectivity index (χ0n) is 17.4. The Bertz CT molecular complexity index is 818. The molecule has 1 fully saturated rings. The number of likely N-dealkylation sites (tertiary alicyclic amines) is 1. The summed E-state index contributed by atoms with van der Waals surface area (Å²) >= 11 is 0. The Hall–Kier alpha value is -2.48. The van der Waals surface area contributed by atoms with E-state index in [9.17, 15) is 4.79 Å². The SMILES string of the molecule is CCOC(=O)c1cc(-c2ccnc(NC3CCN(C)CC3)n2)n(C(C)(C)C)n1. The summed E-state index contributed by atoms with van der Waals surface area (Å²) in [5, 5.41) is 7.94. The fraction of sp³-hybridized carbons (Fsp3) is 0.600. The number of ether oxygens (including phenoxy) is 1. The lowest BCUT2D eigenvalue weighted by molar-refractivity contribution is 0.0517. The van der Waals surface area contributed by atoms with E-state index in [-0.39, 0.29) is 11.2 Å². The number of piperidine rings is 1. The van der Waals surface area contributed by atoms with Gasteiger partial charge in [0, 0.05) is 18.3 Å². The molecule has 0 amide bonds. The molecule has 3 rings (SSSR count). The molecular formula is C20H30N6O2. The third kappa shape index (κ3) is 4.67. The molecule has 0 atom stereocenters. The van der Waals surface area contributed by atoms with Crippen LogP contribution in [0.2, 0.25) is 0 Å². The minimum atomic E-state index is -0.425. The van der Waals surface area contributed by atoms with Crippen molar-refractivity contribution in [3.63, 3.8) is 0 Å². The zero-order chi connectivity index (χ0) is 20.3. The van der Waals surface area contributed by atoms with Crippen LogP contribution in [0.1, 0.15) is 51.0 Å². The van der Waals surface area contributed by atoms with Crippen molar-refractivity contribution in [3.05, 3.63) is 24.0 Å². The Kier molecular flexibility index (Phi) is 5.98. The molecule has 0 bridgehead atoms. The average Bonchev–Trinajstić information content (AvgIpc) is 3.10. The highest BCUT2D eigenvalue weighted by Gasteiger charge is 2.25. The summed E-state index contributed by atoms with van der Waals surface area (Å²) in [6, 6.07) is 3.95. The Balaban J connectivity index is 1.89. The molecule has 0 radical (unpaired) electrons. The maximum atomic E-state index is 12.2. The molecule has 0 aromatic carbocycles. The molecule has 28 heavy (non-hydrogen) atoms. The van der Waals surface area contributed by atoms with Crippen molar-refractivity contribution in [2.45, 2.75) is 52.1 Å². The van der Waals surface area contributed by atoms with Gasteiger partial charge in [-0.05, 0) is 66.7 Å². The highest BCUT2D eigenvalue weighted by atomic mass is 16.5. The van der Waals surface area contributed by atoms with Gasteiger partial charge in [0.1, 0.15) is 0 Å². The first-order valence-corrected chi connectivity index (χ1v) is 9.84. The molecule has 0 saturated carbocycles. The second-order valence-electron chi connectivity index (χ2n) is 8.21. The highest BCUT2D eigenvalue weighted by Crippen LogP contribution is 2.26. The number of carbonyl (C=O) groups is 1. The van der Waals surface area contributed by atoms with Gasteiger partial charge < -0.3 is 15.0 Å². The van der Waals surface area contributed by atoms with E-state index in [4.69, 9.17) is 9.72 Å². The van der Waals surface area contributed by atoms with Gasteiger partial charge in [0.2, 0.25) is 5.95 Å². The molecule has 0 spiro atoms. The molecule has 1 aliphatic rings. The van der Waals surface area contributed by atoms with Crippen LogP contribution in [0, 0.1) is 0 Å². The molecule has 3 heterocycles. The van der Waals surface area contributed by atoms with Crippen LogP contribution >= 0.6 is 0 Å². The quantitative estimate of drug-likeness (QED) is 0.791. The summed E-state index contributed by atoms with van der Waals surface area (Å²) in [6.45, 7) is 10.3. The topological polar surface area (TPSA) is 85.2 Å². The van der Waals surface area contributed by atoms with E-state index >= 15 is 0 Å². The maximum Gasteiger partial charge on any atom is 0.358 e. The predicted octanol–water partition coefficient (Wildman–Crippen LogP) is 2.78. The van der Waals surface area contributed by atoms with Crippen molar-refractivity contribution in [2.75, 3.05) is 32.1 Å². The van der Waals surface area contributed by atoms with Gasteiger partial charge in [0.15, 0.2) is 5.69 Å². The van der Waals surface area contributed by atoms with Crippen molar-refractivity contribution < 1.29 is 9.53 Å². The Labute approximate surface area is 166 Å². The normalized spacial score (nSPS) is 16.2. The summed E-state index contributed by atoms with van der Waals surface area (Å²) in [4.78, 5) is 23.6. The van der Waals surface area contributed by atoms with Gasteiger partial charge in [-0.15, -0.1) is 0 Å². The van der Waals surface area contributed by atoms with E-state index in [2.05, 4.69) is 27.3 Å². The lowest BCUT2D eigenvalue weighted by Gasteiger charge is -2.29. The number of aromatic nitrogens is 4. The van der Waals surface area contributed by atoms with E-state index in [0.717, 1.165) is 37.3 Å². The molecule has 1 N–H and O–H groups in total. The highest BCUT2D eigenvalue weighted by molar-refractivity contribution is 5.88. The summed E-state index contributed by atoms with van der Waals surface area (Å²) in [5.74, 6) is 0.178. The van der Waals surface area contributed by atoms with Crippen LogP contribution in [-0.2, 0) is 10.3 Å². The van der Waals surface area contributed by atoms with Crippen molar-refractivity contribution in [1.82, 2.24) is 24.6 Å². The molecule has 8 heteroatoms. The number of esters is 1. The smallest absolute Gasteiger partial charge is 0.358 e. The van der Waals surface area contributed by atoms with Gasteiger partial charge in [-0.2, -0.15) is 5.10 Å². The summed E-state index contributed by atoms with van der Waals surface area (Å²) < 4.78 is 6.93. The first kappa shape index (κ1) is 20.3. The van der Waals surface area contributed by atoms with Crippen molar-refractivity contribution in [1.29, 1.82) is 0 Å². The maximum absolute atomic E-state index is 12.2. The number of hydrogen-bond donors (Lipinski definition) is 1. The predicted molar refractivity (Wildman–Crippen MR) is 108 cm³/mol. The van der Waals surface area contributed by atoms with E-state index in [0.29, 0.717) is 18.6 Å². The molecule has 0 aliphatic carbocycles. The molecule has 1 aliphatic heterocycles. The molecule has 8 nitrogen and oxygen atoms in total. The average molecular weight is 387 g/mol. The molecule has 0 unspecified atom stereocenters. The number of anilines is 1. The molecular weight excluding hydrogens is 356 g/mol. The number of hydrogen-bond acceptors (Lipinski definition) is 7. The third-order valence-corrected chi connectivity index (χ3v) is 4.80. The molecule has 1 saturated heterocycles. The van der Waals surface area contributed by atoms with E-state index in [1.807, 2.05) is 31.5 Å². The monoisotopic (exact) mass is 386 g/mol. The number of nitrogens with one attached hydrogen (secondary N) is 1. The van der Waals surface area contributed by atoms with Crippen LogP contribution < -0.4 is 5.32 Å². The van der Waals surface area contributed by atoms with E-state index in [1.165, 1.54) is 0 Å². The number of carbonyl (C=O) groups excluding carboxylic acids is 1. The first-order valence-electron chi connectivity index (χ1n) is 9.84. The van der Waals surface area contributed by atoms with Crippen molar-refractivity contribution in [3.8, 4) is 11.4 Å². The minimum Gasteiger partial charge on any atom is -0.461 e. The number of rotatable bonds is 5. The zero-order valence-corrected chi connectivity index (χ0v) is 17.4. The largest absolute Gasteiger partial charge is 0.461 e. The van der Waals surface area contributed by atoms with Crippen LogP contribution in [0.3, 0.4) is 0 Å². The Morgan fingerprint density at radius 1 is 1.32 bits per heavy atom. The van der Waals surface area contributed by atoms with Gasteiger partial charge in [-0.3, -0.25) is 4.68 Å².